The summed E-state index contributed by atoms with van der Waals surface area (Å²) in [4.78, 5) is 27.2. The molecule has 0 unspecified atom stereocenters. The van der Waals surface area contributed by atoms with E-state index in [1.54, 1.807) is 60.7 Å². The van der Waals surface area contributed by atoms with Crippen LogP contribution >= 0.6 is 24.0 Å². The first-order valence-corrected chi connectivity index (χ1v) is 13.6. The maximum Gasteiger partial charge on any atom is 0.573 e. The van der Waals surface area contributed by atoms with E-state index in [9.17, 15) is 22.8 Å². The molecule has 0 aromatic heterocycles. The average Bonchev–Trinajstić information content (AvgIpc) is 2.93. The van der Waals surface area contributed by atoms with Crippen molar-refractivity contribution < 1.29 is 27.5 Å². The molecule has 0 atom stereocenters. The Kier molecular flexibility index (Phi) is 11.9. The highest BCUT2D eigenvalue weighted by Gasteiger charge is 2.31. The van der Waals surface area contributed by atoms with Gasteiger partial charge in [0, 0.05) is 28.4 Å². The van der Waals surface area contributed by atoms with Gasteiger partial charge in [0.2, 0.25) is 0 Å². The predicted molar refractivity (Wildman–Crippen MR) is 156 cm³/mol. The lowest BCUT2D eigenvalue weighted by Gasteiger charge is -2.32. The van der Waals surface area contributed by atoms with Gasteiger partial charge < -0.3 is 20.3 Å². The molecule has 0 bridgehead atoms. The maximum atomic E-state index is 12.5. The van der Waals surface area contributed by atoms with Gasteiger partial charge in [-0.05, 0) is 117 Å². The first-order valence-electron chi connectivity index (χ1n) is 13.2. The average molecular weight is 611 g/mol. The molecule has 11 heteroatoms. The third kappa shape index (κ3) is 10.3. The summed E-state index contributed by atoms with van der Waals surface area (Å²) in [6.07, 6.45) is -0.981. The number of ether oxygens (including phenoxy) is 1. The summed E-state index contributed by atoms with van der Waals surface area (Å²) in [5.74, 6) is -0.293. The SMILES string of the molecule is Cl.O=C(NCCCCN1CCC(c2ccc(OC(F)(F)F)cc2)CC1)c1ccc(NC(=O)c2ccc(Cl)cc2)cc1. The number of nitrogens with zero attached hydrogens (tertiary/aromatic N) is 1. The van der Waals surface area contributed by atoms with Gasteiger partial charge in [0.15, 0.2) is 0 Å². The molecule has 3 aromatic rings. The van der Waals surface area contributed by atoms with Crippen LogP contribution in [0.5, 0.6) is 5.75 Å². The highest BCUT2D eigenvalue weighted by atomic mass is 35.5. The van der Waals surface area contributed by atoms with E-state index >= 15 is 0 Å². The standard InChI is InChI=1S/C30H31ClF3N3O3.ClH/c31-25-9-3-24(4-10-25)29(39)36-26-11-5-23(6-12-26)28(38)35-17-1-2-18-37-19-15-22(16-20-37)21-7-13-27(14-8-21)40-30(32,33)34;/h3-14,22H,1-2,15-20H2,(H,35,38)(H,36,39);1H. The lowest BCUT2D eigenvalue weighted by Crippen LogP contribution is -2.34. The summed E-state index contributed by atoms with van der Waals surface area (Å²) >= 11 is 5.86. The Labute approximate surface area is 248 Å². The van der Waals surface area contributed by atoms with Gasteiger partial charge in [-0.3, -0.25) is 9.59 Å². The lowest BCUT2D eigenvalue weighted by molar-refractivity contribution is -0.274. The number of carbonyl (C=O) groups is 2. The fourth-order valence-electron chi connectivity index (χ4n) is 4.71. The molecule has 0 aliphatic carbocycles. The molecular weight excluding hydrogens is 578 g/mol. The number of piperidine rings is 1. The van der Waals surface area contributed by atoms with Crippen molar-refractivity contribution in [2.24, 2.45) is 0 Å². The summed E-state index contributed by atoms with van der Waals surface area (Å²) in [6.45, 7) is 3.36. The molecule has 41 heavy (non-hydrogen) atoms. The normalized spacial score (nSPS) is 14.1. The van der Waals surface area contributed by atoms with Crippen molar-refractivity contribution in [2.45, 2.75) is 38.0 Å². The van der Waals surface area contributed by atoms with E-state index in [0.717, 1.165) is 50.9 Å². The van der Waals surface area contributed by atoms with E-state index in [4.69, 9.17) is 11.6 Å². The van der Waals surface area contributed by atoms with Crippen molar-refractivity contribution >= 4 is 41.5 Å². The van der Waals surface area contributed by atoms with Gasteiger partial charge in [0.05, 0.1) is 0 Å². The predicted octanol–water partition coefficient (Wildman–Crippen LogP) is 7.30. The van der Waals surface area contributed by atoms with Crippen LogP contribution in [0, 0.1) is 0 Å². The summed E-state index contributed by atoms with van der Waals surface area (Å²) < 4.78 is 41.0. The van der Waals surface area contributed by atoms with Crippen LogP contribution in [0.3, 0.4) is 0 Å². The summed E-state index contributed by atoms with van der Waals surface area (Å²) in [5, 5.41) is 6.29. The number of alkyl halides is 3. The Balaban J connectivity index is 0.00000462. The molecule has 2 N–H and O–H groups in total. The summed E-state index contributed by atoms with van der Waals surface area (Å²) in [6, 6.07) is 19.5. The first kappa shape index (κ1) is 32.2. The number of hydrogen-bond donors (Lipinski definition) is 2. The molecule has 1 aliphatic heterocycles. The van der Waals surface area contributed by atoms with Gasteiger partial charge in [-0.15, -0.1) is 25.6 Å². The number of anilines is 1. The molecule has 1 aliphatic rings. The topological polar surface area (TPSA) is 70.7 Å². The largest absolute Gasteiger partial charge is 0.573 e. The van der Waals surface area contributed by atoms with Crippen LogP contribution in [-0.4, -0.2) is 49.3 Å². The molecule has 4 rings (SSSR count). The van der Waals surface area contributed by atoms with Gasteiger partial charge in [0.25, 0.3) is 11.8 Å². The Morgan fingerprint density at radius 2 is 1.44 bits per heavy atom. The molecule has 220 valence electrons. The number of likely N-dealkylation sites (tertiary alicyclic amines) is 1. The minimum Gasteiger partial charge on any atom is -0.406 e. The van der Waals surface area contributed by atoms with Crippen molar-refractivity contribution in [3.05, 3.63) is 94.5 Å². The smallest absolute Gasteiger partial charge is 0.406 e. The summed E-state index contributed by atoms with van der Waals surface area (Å²) in [5.41, 5.74) is 2.63. The van der Waals surface area contributed by atoms with Crippen molar-refractivity contribution in [1.82, 2.24) is 10.2 Å². The number of rotatable bonds is 10. The second kappa shape index (κ2) is 15.1. The first-order chi connectivity index (χ1) is 19.2. The molecule has 2 amide bonds. The van der Waals surface area contributed by atoms with E-state index < -0.39 is 6.36 Å². The molecule has 1 saturated heterocycles. The number of nitrogens with one attached hydrogen (secondary N) is 2. The van der Waals surface area contributed by atoms with Crippen LogP contribution < -0.4 is 15.4 Å². The fraction of sp³-hybridized carbons (Fsp3) is 0.333. The molecular formula is C30H32Cl2F3N3O3. The van der Waals surface area contributed by atoms with Crippen molar-refractivity contribution in [3.63, 3.8) is 0 Å². The van der Waals surface area contributed by atoms with E-state index in [1.165, 1.54) is 12.1 Å². The van der Waals surface area contributed by atoms with Crippen molar-refractivity contribution in [2.75, 3.05) is 31.5 Å². The highest BCUT2D eigenvalue weighted by molar-refractivity contribution is 6.30. The van der Waals surface area contributed by atoms with Gasteiger partial charge in [-0.1, -0.05) is 23.7 Å². The number of halogens is 5. The zero-order valence-corrected chi connectivity index (χ0v) is 23.8. The molecule has 0 spiro atoms. The minimum absolute atomic E-state index is 0. The third-order valence-corrected chi connectivity index (χ3v) is 7.12. The van der Waals surface area contributed by atoms with Crippen LogP contribution in [0.15, 0.2) is 72.8 Å². The quantitative estimate of drug-likeness (QED) is 0.237. The lowest BCUT2D eigenvalue weighted by atomic mass is 9.89. The second-order valence-electron chi connectivity index (χ2n) is 9.73. The number of carbonyl (C=O) groups excluding carboxylic acids is 2. The molecule has 1 fully saturated rings. The van der Waals surface area contributed by atoms with E-state index in [1.807, 2.05) is 0 Å². The minimum atomic E-state index is -4.68. The van der Waals surface area contributed by atoms with Gasteiger partial charge in [-0.25, -0.2) is 0 Å². The van der Waals surface area contributed by atoms with Crippen LogP contribution in [0.4, 0.5) is 18.9 Å². The van der Waals surface area contributed by atoms with E-state index in [2.05, 4.69) is 20.3 Å². The monoisotopic (exact) mass is 609 g/mol. The molecule has 0 radical (unpaired) electrons. The number of unbranched alkanes of at least 4 members (excludes halogenated alkanes) is 1. The summed E-state index contributed by atoms with van der Waals surface area (Å²) in [7, 11) is 0. The maximum absolute atomic E-state index is 12.5. The van der Waals surface area contributed by atoms with Crippen LogP contribution in [0.25, 0.3) is 0 Å². The third-order valence-electron chi connectivity index (χ3n) is 6.87. The number of amides is 2. The van der Waals surface area contributed by atoms with Crippen LogP contribution in [0.2, 0.25) is 5.02 Å². The zero-order chi connectivity index (χ0) is 28.5. The molecule has 6 nitrogen and oxygen atoms in total. The zero-order valence-electron chi connectivity index (χ0n) is 22.3. The second-order valence-corrected chi connectivity index (χ2v) is 10.2. The Morgan fingerprint density at radius 1 is 0.854 bits per heavy atom. The number of hydrogen-bond acceptors (Lipinski definition) is 4. The van der Waals surface area contributed by atoms with E-state index in [-0.39, 0.29) is 30.0 Å². The Bertz CT molecular complexity index is 1260. The molecule has 3 aromatic carbocycles. The number of benzene rings is 3. The van der Waals surface area contributed by atoms with Crippen molar-refractivity contribution in [1.29, 1.82) is 0 Å². The van der Waals surface area contributed by atoms with Crippen molar-refractivity contribution in [3.8, 4) is 5.75 Å². The Morgan fingerprint density at radius 3 is 2.05 bits per heavy atom. The van der Waals surface area contributed by atoms with Crippen LogP contribution in [0.1, 0.15) is 57.9 Å². The fourth-order valence-corrected chi connectivity index (χ4v) is 4.83. The Hall–Kier alpha value is -3.27. The molecule has 0 saturated carbocycles. The van der Waals surface area contributed by atoms with Gasteiger partial charge in [-0.2, -0.15) is 0 Å². The van der Waals surface area contributed by atoms with E-state index in [0.29, 0.717) is 34.3 Å². The van der Waals surface area contributed by atoms with Crippen LogP contribution in [-0.2, 0) is 0 Å². The van der Waals surface area contributed by atoms with Gasteiger partial charge >= 0.3 is 6.36 Å². The highest BCUT2D eigenvalue weighted by Crippen LogP contribution is 2.30. The van der Waals surface area contributed by atoms with Gasteiger partial charge in [0.1, 0.15) is 5.75 Å². The molecule has 1 heterocycles.